The highest BCUT2D eigenvalue weighted by atomic mass is 16.5. The zero-order chi connectivity index (χ0) is 14.6. The molecular weight excluding hydrogens is 250 g/mol. The van der Waals surface area contributed by atoms with E-state index in [-0.39, 0.29) is 6.54 Å². The monoisotopic (exact) mass is 269 g/mol. The van der Waals surface area contributed by atoms with Crippen molar-refractivity contribution in [3.8, 4) is 0 Å². The predicted octanol–water partition coefficient (Wildman–Crippen LogP) is 0.744. The van der Waals surface area contributed by atoms with Crippen molar-refractivity contribution >= 4 is 12.1 Å². The van der Waals surface area contributed by atoms with Gasteiger partial charge in [-0.2, -0.15) is 0 Å². The Balaban J connectivity index is 3.09. The lowest BCUT2D eigenvalue weighted by molar-refractivity contribution is -0.150. The summed E-state index contributed by atoms with van der Waals surface area (Å²) in [5.74, 6) is 0.196. The number of hydrogen-bond acceptors (Lipinski definition) is 5. The smallest absolute Gasteiger partial charge is 0.406 e. The van der Waals surface area contributed by atoms with E-state index in [2.05, 4.69) is 15.0 Å². The molecule has 7 heteroatoms. The van der Waals surface area contributed by atoms with Crippen molar-refractivity contribution in [3.63, 3.8) is 0 Å². The van der Waals surface area contributed by atoms with Gasteiger partial charge in [-0.05, 0) is 20.8 Å². The fourth-order valence-corrected chi connectivity index (χ4v) is 1.91. The average molecular weight is 269 g/mol. The fraction of sp³-hybridized carbons (Fsp3) is 0.583. The molecule has 1 aromatic rings. The summed E-state index contributed by atoms with van der Waals surface area (Å²) >= 11 is 0. The van der Waals surface area contributed by atoms with Crippen LogP contribution < -0.4 is 5.32 Å². The van der Waals surface area contributed by atoms with E-state index < -0.39 is 17.6 Å². The number of alkyl carbamates (subject to hydrolysis) is 1. The van der Waals surface area contributed by atoms with Crippen LogP contribution in [0, 0.1) is 13.8 Å². The van der Waals surface area contributed by atoms with E-state index >= 15 is 0 Å². The maximum atomic E-state index is 12.0. The number of esters is 1. The molecule has 1 heterocycles. The Morgan fingerprint density at radius 3 is 2.42 bits per heavy atom. The second kappa shape index (κ2) is 5.73. The molecule has 0 radical (unpaired) electrons. The number of carbonyl (C=O) groups excluding carboxylic acids is 2. The van der Waals surface area contributed by atoms with Gasteiger partial charge in [0.1, 0.15) is 5.82 Å². The van der Waals surface area contributed by atoms with Gasteiger partial charge in [0.15, 0.2) is 5.54 Å². The molecule has 1 atom stereocenters. The molecule has 0 unspecified atom stereocenters. The molecule has 7 nitrogen and oxygen atoms in total. The third-order valence-electron chi connectivity index (χ3n) is 2.92. The molecule has 0 spiro atoms. The number of aromatic nitrogens is 2. The molecule has 1 aromatic heterocycles. The summed E-state index contributed by atoms with van der Waals surface area (Å²) in [5, 5.41) is 2.51. The number of nitrogens with one attached hydrogen (secondary N) is 1. The number of ether oxygens (including phenoxy) is 2. The Bertz CT molecular complexity index is 483. The Morgan fingerprint density at radius 2 is 2.00 bits per heavy atom. The maximum absolute atomic E-state index is 12.0. The van der Waals surface area contributed by atoms with E-state index in [0.717, 1.165) is 5.69 Å². The normalized spacial score (nSPS) is 13.5. The number of hydrogen-bond donors (Lipinski definition) is 1. The van der Waals surface area contributed by atoms with Crippen LogP contribution in [0.25, 0.3) is 0 Å². The minimum atomic E-state index is -1.08. The van der Waals surface area contributed by atoms with Gasteiger partial charge in [-0.15, -0.1) is 0 Å². The molecule has 0 aromatic carbocycles. The molecule has 0 aliphatic rings. The van der Waals surface area contributed by atoms with E-state index in [1.165, 1.54) is 14.2 Å². The van der Waals surface area contributed by atoms with Crippen LogP contribution in [0.3, 0.4) is 0 Å². The van der Waals surface area contributed by atoms with Gasteiger partial charge >= 0.3 is 12.1 Å². The third kappa shape index (κ3) is 3.04. The molecule has 1 amide bonds. The van der Waals surface area contributed by atoms with Crippen LogP contribution in [0.1, 0.15) is 18.4 Å². The Hall–Kier alpha value is -2.05. The maximum Gasteiger partial charge on any atom is 0.406 e. The molecule has 19 heavy (non-hydrogen) atoms. The van der Waals surface area contributed by atoms with Crippen LogP contribution in [0.5, 0.6) is 0 Å². The molecule has 1 rings (SSSR count). The molecule has 0 saturated heterocycles. The van der Waals surface area contributed by atoms with E-state index in [4.69, 9.17) is 4.74 Å². The first-order valence-electron chi connectivity index (χ1n) is 5.78. The fourth-order valence-electron chi connectivity index (χ4n) is 1.91. The lowest BCUT2D eigenvalue weighted by Gasteiger charge is -2.29. The van der Waals surface area contributed by atoms with Crippen molar-refractivity contribution in [1.29, 1.82) is 0 Å². The Kier molecular flexibility index (Phi) is 4.52. The Labute approximate surface area is 111 Å². The minimum absolute atomic E-state index is 0.0446. The van der Waals surface area contributed by atoms with Crippen LogP contribution in [0.15, 0.2) is 6.20 Å². The third-order valence-corrected chi connectivity index (χ3v) is 2.92. The first-order valence-corrected chi connectivity index (χ1v) is 5.78. The van der Waals surface area contributed by atoms with Crippen LogP contribution in [0.2, 0.25) is 0 Å². The summed E-state index contributed by atoms with van der Waals surface area (Å²) in [6, 6.07) is 0. The van der Waals surface area contributed by atoms with Crippen molar-refractivity contribution in [1.82, 2.24) is 14.9 Å². The highest BCUT2D eigenvalue weighted by Crippen LogP contribution is 2.20. The zero-order valence-electron chi connectivity index (χ0n) is 11.8. The SMILES string of the molecule is COC(=O)NC[C@@](C)(C(=O)OC)n1cc(C)nc1C. The summed E-state index contributed by atoms with van der Waals surface area (Å²) < 4.78 is 11.0. The summed E-state index contributed by atoms with van der Waals surface area (Å²) in [5.41, 5.74) is -0.292. The summed E-state index contributed by atoms with van der Waals surface area (Å²) in [6.07, 6.45) is 1.13. The molecule has 0 aliphatic heterocycles. The van der Waals surface area contributed by atoms with Crippen LogP contribution in [-0.2, 0) is 19.8 Å². The highest BCUT2D eigenvalue weighted by molar-refractivity contribution is 5.79. The highest BCUT2D eigenvalue weighted by Gasteiger charge is 2.38. The van der Waals surface area contributed by atoms with Crippen molar-refractivity contribution in [2.75, 3.05) is 20.8 Å². The molecule has 1 N–H and O–H groups in total. The van der Waals surface area contributed by atoms with Gasteiger partial charge in [0.2, 0.25) is 0 Å². The van der Waals surface area contributed by atoms with Gasteiger partial charge < -0.3 is 19.4 Å². The van der Waals surface area contributed by atoms with E-state index in [0.29, 0.717) is 5.82 Å². The second-order valence-electron chi connectivity index (χ2n) is 4.41. The van der Waals surface area contributed by atoms with Crippen LogP contribution >= 0.6 is 0 Å². The first kappa shape index (κ1) is 15.0. The minimum Gasteiger partial charge on any atom is -0.467 e. The van der Waals surface area contributed by atoms with Gasteiger partial charge in [0.25, 0.3) is 0 Å². The number of amides is 1. The molecule has 0 bridgehead atoms. The van der Waals surface area contributed by atoms with Gasteiger partial charge in [0, 0.05) is 6.20 Å². The van der Waals surface area contributed by atoms with Crippen LogP contribution in [0.4, 0.5) is 4.79 Å². The molecule has 106 valence electrons. The number of rotatable bonds is 4. The van der Waals surface area contributed by atoms with Gasteiger partial charge in [-0.25, -0.2) is 14.6 Å². The number of carbonyl (C=O) groups is 2. The average Bonchev–Trinajstić information content (AvgIpc) is 2.73. The summed E-state index contributed by atoms with van der Waals surface area (Å²) in [7, 11) is 2.56. The van der Waals surface area contributed by atoms with Crippen LogP contribution in [-0.4, -0.2) is 42.4 Å². The van der Waals surface area contributed by atoms with Crippen molar-refractivity contribution in [2.24, 2.45) is 0 Å². The number of imidazole rings is 1. The summed E-state index contributed by atoms with van der Waals surface area (Å²) in [4.78, 5) is 27.5. The molecule has 0 saturated carbocycles. The quantitative estimate of drug-likeness (QED) is 0.815. The summed E-state index contributed by atoms with van der Waals surface area (Å²) in [6.45, 7) is 5.33. The topological polar surface area (TPSA) is 82.5 Å². The predicted molar refractivity (Wildman–Crippen MR) is 67.8 cm³/mol. The number of methoxy groups -OCH3 is 2. The lowest BCUT2D eigenvalue weighted by Crippen LogP contribution is -2.49. The number of nitrogens with zero attached hydrogens (tertiary/aromatic N) is 2. The van der Waals surface area contributed by atoms with Crippen molar-refractivity contribution in [3.05, 3.63) is 17.7 Å². The van der Waals surface area contributed by atoms with Gasteiger partial charge in [-0.3, -0.25) is 0 Å². The molecule has 0 fully saturated rings. The van der Waals surface area contributed by atoms with E-state index in [1.807, 2.05) is 6.92 Å². The van der Waals surface area contributed by atoms with Gasteiger partial charge in [-0.1, -0.05) is 0 Å². The van der Waals surface area contributed by atoms with Crippen molar-refractivity contribution in [2.45, 2.75) is 26.3 Å². The van der Waals surface area contributed by atoms with Gasteiger partial charge in [0.05, 0.1) is 26.5 Å². The van der Waals surface area contributed by atoms with E-state index in [9.17, 15) is 9.59 Å². The standard InChI is InChI=1S/C12H19N3O4/c1-8-6-15(9(2)14-8)12(3,10(16)18-4)7-13-11(17)19-5/h6H,7H2,1-5H3,(H,13,17)/t12-/m0/s1. The Morgan fingerprint density at radius 1 is 1.37 bits per heavy atom. The lowest BCUT2D eigenvalue weighted by atomic mass is 10.0. The van der Waals surface area contributed by atoms with E-state index in [1.54, 1.807) is 24.6 Å². The number of aryl methyl sites for hydroxylation is 2. The molecule has 0 aliphatic carbocycles. The zero-order valence-corrected chi connectivity index (χ0v) is 11.8. The molecular formula is C12H19N3O4. The first-order chi connectivity index (χ1) is 8.85. The van der Waals surface area contributed by atoms with Crippen molar-refractivity contribution < 1.29 is 19.1 Å². The second-order valence-corrected chi connectivity index (χ2v) is 4.41. The largest absolute Gasteiger partial charge is 0.467 e.